The first-order chi connectivity index (χ1) is 9.20. The Kier molecular flexibility index (Phi) is 4.88. The number of nitriles is 1. The van der Waals surface area contributed by atoms with E-state index >= 15 is 0 Å². The SMILES string of the molecule is C[C@H](SC1=NCCS1)C(=O)Nc1ccccc1C#N. The predicted octanol–water partition coefficient (Wildman–Crippen LogP) is 2.72. The van der Waals surface area contributed by atoms with E-state index in [2.05, 4.69) is 16.4 Å². The van der Waals surface area contributed by atoms with Crippen LogP contribution in [0.15, 0.2) is 29.3 Å². The molecule has 1 amide bonds. The molecule has 0 saturated carbocycles. The summed E-state index contributed by atoms with van der Waals surface area (Å²) in [4.78, 5) is 16.4. The van der Waals surface area contributed by atoms with Gasteiger partial charge in [-0.15, -0.1) is 0 Å². The van der Waals surface area contributed by atoms with Gasteiger partial charge in [0.15, 0.2) is 0 Å². The molecule has 1 aromatic rings. The van der Waals surface area contributed by atoms with Gasteiger partial charge in [-0.2, -0.15) is 5.26 Å². The molecule has 0 spiro atoms. The first-order valence-corrected chi connectivity index (χ1v) is 7.71. The monoisotopic (exact) mass is 291 g/mol. The number of hydrogen-bond acceptors (Lipinski definition) is 5. The molecular formula is C13H13N3OS2. The number of carbonyl (C=O) groups is 1. The van der Waals surface area contributed by atoms with Crippen LogP contribution in [-0.2, 0) is 4.79 Å². The average molecular weight is 291 g/mol. The van der Waals surface area contributed by atoms with Gasteiger partial charge in [0, 0.05) is 5.75 Å². The molecule has 0 radical (unpaired) electrons. The van der Waals surface area contributed by atoms with Crippen LogP contribution in [0.5, 0.6) is 0 Å². The van der Waals surface area contributed by atoms with Crippen LogP contribution in [0.2, 0.25) is 0 Å². The number of thioether (sulfide) groups is 2. The maximum Gasteiger partial charge on any atom is 0.237 e. The van der Waals surface area contributed by atoms with Crippen LogP contribution >= 0.6 is 23.5 Å². The molecule has 1 heterocycles. The number of benzene rings is 1. The molecule has 1 aliphatic rings. The van der Waals surface area contributed by atoms with Crippen LogP contribution in [0, 0.1) is 11.3 Å². The zero-order valence-corrected chi connectivity index (χ0v) is 12.1. The van der Waals surface area contributed by atoms with Gasteiger partial charge in [0.25, 0.3) is 0 Å². The van der Waals surface area contributed by atoms with Gasteiger partial charge in [0.2, 0.25) is 5.91 Å². The van der Waals surface area contributed by atoms with E-state index in [9.17, 15) is 4.79 Å². The van der Waals surface area contributed by atoms with Gasteiger partial charge < -0.3 is 5.32 Å². The van der Waals surface area contributed by atoms with Gasteiger partial charge in [-0.3, -0.25) is 9.79 Å². The molecule has 0 fully saturated rings. The molecule has 0 bridgehead atoms. The van der Waals surface area contributed by atoms with Crippen LogP contribution in [0.4, 0.5) is 5.69 Å². The first-order valence-electron chi connectivity index (χ1n) is 5.84. The van der Waals surface area contributed by atoms with Crippen LogP contribution < -0.4 is 5.32 Å². The highest BCUT2D eigenvalue weighted by molar-refractivity contribution is 8.39. The van der Waals surface area contributed by atoms with E-state index in [1.165, 1.54) is 11.8 Å². The maximum absolute atomic E-state index is 12.1. The minimum absolute atomic E-state index is 0.108. The van der Waals surface area contributed by atoms with Gasteiger partial charge in [0.1, 0.15) is 10.4 Å². The molecule has 0 aromatic heterocycles. The summed E-state index contributed by atoms with van der Waals surface area (Å²) in [6.07, 6.45) is 0. The van der Waals surface area contributed by atoms with Crippen molar-refractivity contribution >= 4 is 39.5 Å². The summed E-state index contributed by atoms with van der Waals surface area (Å²) in [6.45, 7) is 2.68. The zero-order valence-electron chi connectivity index (χ0n) is 10.4. The van der Waals surface area contributed by atoms with Crippen LogP contribution in [0.25, 0.3) is 0 Å². The second-order valence-electron chi connectivity index (χ2n) is 3.90. The molecule has 4 nitrogen and oxygen atoms in total. The fraction of sp³-hybridized carbons (Fsp3) is 0.308. The van der Waals surface area contributed by atoms with Crippen molar-refractivity contribution in [1.29, 1.82) is 5.26 Å². The summed E-state index contributed by atoms with van der Waals surface area (Å²) in [6, 6.07) is 9.05. The van der Waals surface area contributed by atoms with E-state index in [0.717, 1.165) is 16.7 Å². The van der Waals surface area contributed by atoms with Crippen molar-refractivity contribution in [1.82, 2.24) is 0 Å². The largest absolute Gasteiger partial charge is 0.324 e. The van der Waals surface area contributed by atoms with Crippen molar-refractivity contribution in [2.45, 2.75) is 12.2 Å². The molecule has 0 unspecified atom stereocenters. The summed E-state index contributed by atoms with van der Waals surface area (Å²) < 4.78 is 0.969. The second kappa shape index (κ2) is 6.64. The van der Waals surface area contributed by atoms with Crippen LogP contribution in [0.3, 0.4) is 0 Å². The Morgan fingerprint density at radius 1 is 1.58 bits per heavy atom. The summed E-state index contributed by atoms with van der Waals surface area (Å²) in [5.41, 5.74) is 1.03. The first kappa shape index (κ1) is 14.0. The number of nitrogens with zero attached hydrogens (tertiary/aromatic N) is 2. The van der Waals surface area contributed by atoms with E-state index in [-0.39, 0.29) is 11.2 Å². The Morgan fingerprint density at radius 3 is 3.05 bits per heavy atom. The number of aliphatic imine (C=N–C) groups is 1. The molecule has 1 atom stereocenters. The maximum atomic E-state index is 12.1. The van der Waals surface area contributed by atoms with Crippen LogP contribution in [0.1, 0.15) is 12.5 Å². The Labute approximate surface area is 120 Å². The summed E-state index contributed by atoms with van der Waals surface area (Å²) in [7, 11) is 0. The molecule has 0 aliphatic carbocycles. The smallest absolute Gasteiger partial charge is 0.237 e. The molecule has 19 heavy (non-hydrogen) atoms. The molecule has 0 saturated heterocycles. The molecule has 6 heteroatoms. The molecule has 1 N–H and O–H groups in total. The Bertz CT molecular complexity index is 551. The highest BCUT2D eigenvalue weighted by Gasteiger charge is 2.19. The molecule has 2 rings (SSSR count). The topological polar surface area (TPSA) is 65.2 Å². The lowest BCUT2D eigenvalue weighted by Crippen LogP contribution is -2.23. The predicted molar refractivity (Wildman–Crippen MR) is 81.6 cm³/mol. The molecule has 1 aromatic carbocycles. The highest BCUT2D eigenvalue weighted by atomic mass is 32.2. The zero-order chi connectivity index (χ0) is 13.7. The Balaban J connectivity index is 1.98. The fourth-order valence-electron chi connectivity index (χ4n) is 1.52. The van der Waals surface area contributed by atoms with E-state index in [4.69, 9.17) is 5.26 Å². The quantitative estimate of drug-likeness (QED) is 0.930. The van der Waals surface area contributed by atoms with E-state index in [1.807, 2.05) is 6.92 Å². The van der Waals surface area contributed by atoms with E-state index < -0.39 is 0 Å². The number of nitrogens with one attached hydrogen (secondary N) is 1. The number of amides is 1. The third-order valence-electron chi connectivity index (χ3n) is 2.51. The van der Waals surface area contributed by atoms with E-state index in [0.29, 0.717) is 11.3 Å². The number of hydrogen-bond donors (Lipinski definition) is 1. The van der Waals surface area contributed by atoms with Gasteiger partial charge in [-0.25, -0.2) is 0 Å². The number of para-hydroxylation sites is 1. The summed E-state index contributed by atoms with van der Waals surface area (Å²) in [5, 5.41) is 11.5. The minimum atomic E-state index is -0.226. The van der Waals surface area contributed by atoms with Crippen LogP contribution in [-0.4, -0.2) is 27.8 Å². The van der Waals surface area contributed by atoms with Gasteiger partial charge >= 0.3 is 0 Å². The molecule has 1 aliphatic heterocycles. The van der Waals surface area contributed by atoms with Crippen molar-refractivity contribution in [2.75, 3.05) is 17.6 Å². The van der Waals surface area contributed by atoms with Gasteiger partial charge in [-0.05, 0) is 19.1 Å². The number of anilines is 1. The lowest BCUT2D eigenvalue weighted by molar-refractivity contribution is -0.115. The highest BCUT2D eigenvalue weighted by Crippen LogP contribution is 2.26. The van der Waals surface area contributed by atoms with Crippen molar-refractivity contribution in [3.05, 3.63) is 29.8 Å². The molecular weight excluding hydrogens is 278 g/mol. The standard InChI is InChI=1S/C13H13N3OS2/c1-9(19-13-15-6-7-18-13)12(17)16-11-5-3-2-4-10(11)8-14/h2-5,9H,6-7H2,1H3,(H,16,17)/t9-/m0/s1. The number of carbonyl (C=O) groups excluding carboxylic acids is 1. The lowest BCUT2D eigenvalue weighted by atomic mass is 10.2. The average Bonchev–Trinajstić information content (AvgIpc) is 2.92. The molecule has 98 valence electrons. The van der Waals surface area contributed by atoms with Crippen molar-refractivity contribution in [3.8, 4) is 6.07 Å². The number of rotatable bonds is 3. The third-order valence-corrected chi connectivity index (χ3v) is 4.81. The van der Waals surface area contributed by atoms with E-state index in [1.54, 1.807) is 36.0 Å². The minimum Gasteiger partial charge on any atom is -0.324 e. The Morgan fingerprint density at radius 2 is 2.37 bits per heavy atom. The summed E-state index contributed by atoms with van der Waals surface area (Å²) in [5.74, 6) is 0.886. The third kappa shape index (κ3) is 3.75. The second-order valence-corrected chi connectivity index (χ2v) is 6.57. The Hall–Kier alpha value is -1.45. The van der Waals surface area contributed by atoms with Gasteiger partial charge in [0.05, 0.1) is 23.0 Å². The fourth-order valence-corrected chi connectivity index (χ4v) is 3.64. The van der Waals surface area contributed by atoms with Crippen molar-refractivity contribution in [2.24, 2.45) is 4.99 Å². The van der Waals surface area contributed by atoms with Crippen molar-refractivity contribution in [3.63, 3.8) is 0 Å². The lowest BCUT2D eigenvalue weighted by Gasteiger charge is -2.12. The normalized spacial score (nSPS) is 15.5. The summed E-state index contributed by atoms with van der Waals surface area (Å²) >= 11 is 3.15. The van der Waals surface area contributed by atoms with Gasteiger partial charge in [-0.1, -0.05) is 35.7 Å². The van der Waals surface area contributed by atoms with Crippen molar-refractivity contribution < 1.29 is 4.79 Å².